The molecule has 0 fully saturated rings. The summed E-state index contributed by atoms with van der Waals surface area (Å²) in [6.45, 7) is 0.556. The topological polar surface area (TPSA) is 68.8 Å². The average Bonchev–Trinajstić information content (AvgIpc) is 2.70. The molecule has 3 N–H and O–H groups in total. The predicted molar refractivity (Wildman–Crippen MR) is 63.9 cm³/mol. The molecule has 0 saturated carbocycles. The molecule has 16 heavy (non-hydrogen) atoms. The summed E-state index contributed by atoms with van der Waals surface area (Å²) in [5, 5.41) is 11.1. The number of rotatable bonds is 3. The second kappa shape index (κ2) is 4.32. The normalized spacial score (nSPS) is 10.4. The largest absolute Gasteiger partial charge is 0.357 e. The molecule has 0 saturated heterocycles. The maximum atomic E-state index is 5.55. The number of aromatic nitrogens is 3. The molecule has 0 aliphatic heterocycles. The van der Waals surface area contributed by atoms with Gasteiger partial charge >= 0.3 is 0 Å². The van der Waals surface area contributed by atoms with E-state index in [1.54, 1.807) is 0 Å². The smallest absolute Gasteiger partial charge is 0.224 e. The molecule has 5 heteroatoms. The lowest BCUT2D eigenvalue weighted by Crippen LogP contribution is -2.00. The van der Waals surface area contributed by atoms with Crippen LogP contribution in [0, 0.1) is 0 Å². The van der Waals surface area contributed by atoms with Gasteiger partial charge in [0.15, 0.2) is 5.82 Å². The summed E-state index contributed by atoms with van der Waals surface area (Å²) in [4.78, 5) is 0. The molecule has 0 bridgehead atoms. The first-order chi connectivity index (χ1) is 7.76. The maximum Gasteiger partial charge on any atom is 0.224 e. The van der Waals surface area contributed by atoms with Gasteiger partial charge in [-0.25, -0.2) is 0 Å². The molecule has 84 valence electrons. The van der Waals surface area contributed by atoms with Crippen molar-refractivity contribution in [1.29, 1.82) is 0 Å². The third-order valence-electron chi connectivity index (χ3n) is 2.55. The molecule has 2 aromatic rings. The lowest BCUT2D eigenvalue weighted by molar-refractivity contribution is 0.925. The van der Waals surface area contributed by atoms with Gasteiger partial charge in [0.1, 0.15) is 0 Å². The highest BCUT2D eigenvalue weighted by molar-refractivity contribution is 5.57. The van der Waals surface area contributed by atoms with Crippen molar-refractivity contribution in [2.75, 3.05) is 12.4 Å². The van der Waals surface area contributed by atoms with E-state index in [2.05, 4.69) is 15.5 Å². The zero-order chi connectivity index (χ0) is 11.5. The van der Waals surface area contributed by atoms with Crippen LogP contribution in [0.4, 0.5) is 5.95 Å². The maximum absolute atomic E-state index is 5.55. The predicted octanol–water partition coefficient (Wildman–Crippen LogP) is 0.982. The van der Waals surface area contributed by atoms with Gasteiger partial charge in [-0.05, 0) is 5.56 Å². The second-order valence-corrected chi connectivity index (χ2v) is 3.56. The van der Waals surface area contributed by atoms with Gasteiger partial charge in [-0.1, -0.05) is 24.3 Å². The van der Waals surface area contributed by atoms with E-state index in [1.807, 2.05) is 42.9 Å². The fourth-order valence-electron chi connectivity index (χ4n) is 1.59. The van der Waals surface area contributed by atoms with Crippen LogP contribution >= 0.6 is 0 Å². The molecule has 0 unspecified atom stereocenters. The van der Waals surface area contributed by atoms with E-state index in [-0.39, 0.29) is 0 Å². The van der Waals surface area contributed by atoms with Gasteiger partial charge in [0, 0.05) is 26.2 Å². The fraction of sp³-hybridized carbons (Fsp3) is 0.273. The molecule has 0 spiro atoms. The SMILES string of the molecule is CNc1nnc(-c2ccc(CN)cc2)n1C. The molecule has 0 aliphatic carbocycles. The van der Waals surface area contributed by atoms with Crippen LogP contribution in [-0.4, -0.2) is 21.8 Å². The third-order valence-corrected chi connectivity index (χ3v) is 2.55. The molecule has 1 heterocycles. The van der Waals surface area contributed by atoms with E-state index in [9.17, 15) is 0 Å². The molecule has 0 amide bonds. The molecule has 1 aromatic heterocycles. The first kappa shape index (κ1) is 10.6. The van der Waals surface area contributed by atoms with Crippen molar-refractivity contribution in [3.05, 3.63) is 29.8 Å². The Hall–Kier alpha value is -1.88. The van der Waals surface area contributed by atoms with Crippen LogP contribution in [0.2, 0.25) is 0 Å². The number of nitrogens with two attached hydrogens (primary N) is 1. The highest BCUT2D eigenvalue weighted by Crippen LogP contribution is 2.19. The van der Waals surface area contributed by atoms with Crippen LogP contribution in [0.3, 0.4) is 0 Å². The standard InChI is InChI=1S/C11H15N5/c1-13-11-15-14-10(16(11)2)9-5-3-8(7-12)4-6-9/h3-6H,7,12H2,1-2H3,(H,13,15). The summed E-state index contributed by atoms with van der Waals surface area (Å²) in [5.74, 6) is 1.59. The molecule has 2 rings (SSSR count). The van der Waals surface area contributed by atoms with E-state index in [1.165, 1.54) is 0 Å². The van der Waals surface area contributed by atoms with Crippen LogP contribution in [0.1, 0.15) is 5.56 Å². The summed E-state index contributed by atoms with van der Waals surface area (Å²) in [6, 6.07) is 8.02. The summed E-state index contributed by atoms with van der Waals surface area (Å²) in [6.07, 6.45) is 0. The Bertz CT molecular complexity index is 472. The van der Waals surface area contributed by atoms with Gasteiger partial charge in [-0.3, -0.25) is 4.57 Å². The van der Waals surface area contributed by atoms with Gasteiger partial charge in [-0.2, -0.15) is 0 Å². The number of nitrogens with zero attached hydrogens (tertiary/aromatic N) is 3. The van der Waals surface area contributed by atoms with E-state index < -0.39 is 0 Å². The number of hydrogen-bond donors (Lipinski definition) is 2. The zero-order valence-corrected chi connectivity index (χ0v) is 9.44. The number of anilines is 1. The van der Waals surface area contributed by atoms with Crippen molar-refractivity contribution >= 4 is 5.95 Å². The van der Waals surface area contributed by atoms with Crippen molar-refractivity contribution in [3.63, 3.8) is 0 Å². The van der Waals surface area contributed by atoms with Crippen LogP contribution in [0.25, 0.3) is 11.4 Å². The van der Waals surface area contributed by atoms with E-state index in [4.69, 9.17) is 5.73 Å². The fourth-order valence-corrected chi connectivity index (χ4v) is 1.59. The number of hydrogen-bond acceptors (Lipinski definition) is 4. The van der Waals surface area contributed by atoms with Crippen LogP contribution in [-0.2, 0) is 13.6 Å². The third kappa shape index (κ3) is 1.77. The van der Waals surface area contributed by atoms with Crippen molar-refractivity contribution in [2.24, 2.45) is 12.8 Å². The molecule has 5 nitrogen and oxygen atoms in total. The number of benzene rings is 1. The summed E-state index contributed by atoms with van der Waals surface area (Å²) < 4.78 is 1.91. The summed E-state index contributed by atoms with van der Waals surface area (Å²) >= 11 is 0. The molecule has 0 aliphatic rings. The van der Waals surface area contributed by atoms with E-state index in [0.717, 1.165) is 22.9 Å². The van der Waals surface area contributed by atoms with E-state index in [0.29, 0.717) is 6.54 Å². The lowest BCUT2D eigenvalue weighted by Gasteiger charge is -2.03. The Labute approximate surface area is 94.3 Å². The van der Waals surface area contributed by atoms with Crippen LogP contribution < -0.4 is 11.1 Å². The van der Waals surface area contributed by atoms with Gasteiger partial charge in [0.25, 0.3) is 0 Å². The average molecular weight is 217 g/mol. The minimum atomic E-state index is 0.556. The summed E-state index contributed by atoms with van der Waals surface area (Å²) in [7, 11) is 3.75. The van der Waals surface area contributed by atoms with Gasteiger partial charge in [0.2, 0.25) is 5.95 Å². The highest BCUT2D eigenvalue weighted by atomic mass is 15.3. The highest BCUT2D eigenvalue weighted by Gasteiger charge is 2.08. The van der Waals surface area contributed by atoms with E-state index >= 15 is 0 Å². The van der Waals surface area contributed by atoms with Crippen LogP contribution in [0.5, 0.6) is 0 Å². The van der Waals surface area contributed by atoms with Crippen molar-refractivity contribution in [1.82, 2.24) is 14.8 Å². The Morgan fingerprint density at radius 3 is 2.44 bits per heavy atom. The van der Waals surface area contributed by atoms with Gasteiger partial charge in [0.05, 0.1) is 0 Å². The summed E-state index contributed by atoms with van der Waals surface area (Å²) in [5.41, 5.74) is 7.70. The van der Waals surface area contributed by atoms with Gasteiger partial charge < -0.3 is 11.1 Å². The lowest BCUT2D eigenvalue weighted by atomic mass is 10.1. The van der Waals surface area contributed by atoms with Crippen molar-refractivity contribution in [3.8, 4) is 11.4 Å². The van der Waals surface area contributed by atoms with Crippen LogP contribution in [0.15, 0.2) is 24.3 Å². The molecular weight excluding hydrogens is 202 g/mol. The molecular formula is C11H15N5. The Morgan fingerprint density at radius 2 is 1.94 bits per heavy atom. The minimum absolute atomic E-state index is 0.556. The Balaban J connectivity index is 2.38. The van der Waals surface area contributed by atoms with Crippen molar-refractivity contribution < 1.29 is 0 Å². The van der Waals surface area contributed by atoms with Crippen molar-refractivity contribution in [2.45, 2.75) is 6.54 Å². The molecule has 1 aromatic carbocycles. The quantitative estimate of drug-likeness (QED) is 0.804. The molecule has 0 radical (unpaired) electrons. The second-order valence-electron chi connectivity index (χ2n) is 3.56. The minimum Gasteiger partial charge on any atom is -0.357 e. The first-order valence-corrected chi connectivity index (χ1v) is 5.12. The Morgan fingerprint density at radius 1 is 1.25 bits per heavy atom. The first-order valence-electron chi connectivity index (χ1n) is 5.12. The number of nitrogens with one attached hydrogen (secondary N) is 1. The molecule has 0 atom stereocenters. The zero-order valence-electron chi connectivity index (χ0n) is 9.44. The van der Waals surface area contributed by atoms with Gasteiger partial charge in [-0.15, -0.1) is 10.2 Å². The Kier molecular flexibility index (Phi) is 2.87. The monoisotopic (exact) mass is 217 g/mol.